The van der Waals surface area contributed by atoms with Crippen molar-refractivity contribution in [1.29, 1.82) is 0 Å². The number of rotatable bonds is 11. The second kappa shape index (κ2) is 14.1. The zero-order chi connectivity index (χ0) is 28.6. The van der Waals surface area contributed by atoms with Crippen molar-refractivity contribution in [2.24, 2.45) is 0 Å². The number of hydrogen-bond acceptors (Lipinski definition) is 5. The first-order valence-electron chi connectivity index (χ1n) is 13.7. The van der Waals surface area contributed by atoms with Crippen molar-refractivity contribution in [1.82, 2.24) is 15.2 Å². The molecule has 0 saturated carbocycles. The minimum absolute atomic E-state index is 0.155. The Hall–Kier alpha value is -2.63. The summed E-state index contributed by atoms with van der Waals surface area (Å²) >= 11 is 1.43. The highest BCUT2D eigenvalue weighted by molar-refractivity contribution is 8.38. The molecule has 0 spiro atoms. The maximum atomic E-state index is 12.8. The molecule has 7 heteroatoms. The van der Waals surface area contributed by atoms with E-state index in [1.807, 2.05) is 41.8 Å². The van der Waals surface area contributed by atoms with Crippen molar-refractivity contribution < 1.29 is 4.79 Å². The summed E-state index contributed by atoms with van der Waals surface area (Å²) in [7, 11) is 3.02. The van der Waals surface area contributed by atoms with E-state index in [2.05, 4.69) is 94.5 Å². The van der Waals surface area contributed by atoms with Gasteiger partial charge in [0.1, 0.15) is 0 Å². The molecule has 0 saturated heterocycles. The number of likely N-dealkylation sites (N-methyl/N-ethyl adjacent to an activating group) is 1. The molecule has 0 fully saturated rings. The molecule has 0 bridgehead atoms. The summed E-state index contributed by atoms with van der Waals surface area (Å²) in [5, 5.41) is 14.3. The molecule has 2 aromatic carbocycles. The van der Waals surface area contributed by atoms with Gasteiger partial charge < -0.3 is 10.2 Å². The maximum Gasteiger partial charge on any atom is 0.257 e. The topological polar surface area (TPSA) is 57.3 Å². The van der Waals surface area contributed by atoms with Crippen molar-refractivity contribution in [2.45, 2.75) is 63.8 Å². The minimum atomic E-state index is -1.10. The molecule has 0 aliphatic rings. The molecule has 1 heterocycles. The highest BCUT2D eigenvalue weighted by atomic mass is 32.3. The fourth-order valence-electron chi connectivity index (χ4n) is 4.83. The molecular formula is C32H44N4OS2. The van der Waals surface area contributed by atoms with E-state index in [1.165, 1.54) is 11.3 Å². The number of benzene rings is 2. The number of thiazole rings is 1. The predicted molar refractivity (Wildman–Crippen MR) is 172 cm³/mol. The smallest absolute Gasteiger partial charge is 0.257 e. The monoisotopic (exact) mass is 564 g/mol. The number of hydrogen-bond donors (Lipinski definition) is 2. The Morgan fingerprint density at radius 2 is 1.67 bits per heavy atom. The third kappa shape index (κ3) is 8.18. The van der Waals surface area contributed by atoms with Gasteiger partial charge in [0.25, 0.3) is 5.91 Å². The van der Waals surface area contributed by atoms with Crippen LogP contribution in [0.25, 0.3) is 11.3 Å². The Balaban J connectivity index is 1.68. The molecule has 3 aromatic rings. The van der Waals surface area contributed by atoms with Crippen LogP contribution in [-0.4, -0.2) is 58.7 Å². The lowest BCUT2D eigenvalue weighted by molar-refractivity contribution is 0.102. The molecule has 2 N–H and O–H groups in total. The highest BCUT2D eigenvalue weighted by Crippen LogP contribution is 2.59. The quantitative estimate of drug-likeness (QED) is 0.194. The third-order valence-corrected chi connectivity index (χ3v) is 12.8. The Morgan fingerprint density at radius 1 is 1.00 bits per heavy atom. The molecule has 0 aliphatic carbocycles. The molecule has 0 aliphatic heterocycles. The van der Waals surface area contributed by atoms with E-state index in [0.717, 1.165) is 42.0 Å². The average molecular weight is 565 g/mol. The van der Waals surface area contributed by atoms with Crippen molar-refractivity contribution in [3.8, 4) is 22.4 Å². The van der Waals surface area contributed by atoms with Crippen LogP contribution in [0, 0.1) is 11.2 Å². The highest BCUT2D eigenvalue weighted by Gasteiger charge is 2.33. The number of nitrogens with one attached hydrogen (secondary N) is 2. The van der Waals surface area contributed by atoms with Gasteiger partial charge in [-0.2, -0.15) is 10.0 Å². The zero-order valence-electron chi connectivity index (χ0n) is 24.7. The lowest BCUT2D eigenvalue weighted by Gasteiger charge is -2.46. The van der Waals surface area contributed by atoms with Gasteiger partial charge in [-0.15, -0.1) is 11.3 Å². The first kappa shape index (κ1) is 30.9. The summed E-state index contributed by atoms with van der Waals surface area (Å²) in [5.41, 5.74) is 4.62. The Bertz CT molecular complexity index is 1260. The number of carbonyl (C=O) groups is 1. The number of aromatic nitrogens is 1. The summed E-state index contributed by atoms with van der Waals surface area (Å²) in [6.07, 6.45) is 0. The van der Waals surface area contributed by atoms with Crippen LogP contribution in [0.5, 0.6) is 0 Å². The number of carbonyl (C=O) groups excluding carboxylic acids is 1. The third-order valence-electron chi connectivity index (χ3n) is 6.88. The summed E-state index contributed by atoms with van der Waals surface area (Å²) in [5.74, 6) is 3.36. The maximum absolute atomic E-state index is 12.8. The Kier molecular flexibility index (Phi) is 11.2. The normalized spacial score (nSPS) is 12.2. The summed E-state index contributed by atoms with van der Waals surface area (Å²) in [6, 6.07) is 16.0. The molecule has 0 atom stereocenters. The molecule has 1 amide bonds. The first-order valence-corrected chi connectivity index (χ1v) is 16.4. The van der Waals surface area contributed by atoms with Gasteiger partial charge in [-0.1, -0.05) is 71.7 Å². The van der Waals surface area contributed by atoms with E-state index >= 15 is 0 Å². The van der Waals surface area contributed by atoms with E-state index in [1.54, 1.807) is 0 Å². The zero-order valence-corrected chi connectivity index (χ0v) is 26.3. The molecule has 210 valence electrons. The largest absolute Gasteiger partial charge is 0.311 e. The number of nitrogens with zero attached hydrogens (tertiary/aromatic N) is 2. The van der Waals surface area contributed by atoms with Crippen LogP contribution in [0.4, 0.5) is 5.13 Å². The van der Waals surface area contributed by atoms with Gasteiger partial charge in [-0.05, 0) is 64.9 Å². The molecule has 0 radical (unpaired) electrons. The van der Waals surface area contributed by atoms with Crippen LogP contribution in [0.3, 0.4) is 0 Å². The summed E-state index contributed by atoms with van der Waals surface area (Å²) in [4.78, 5) is 19.7. The minimum Gasteiger partial charge on any atom is -0.311 e. The van der Waals surface area contributed by atoms with Gasteiger partial charge in [-0.3, -0.25) is 10.1 Å². The SMILES string of the molecule is CC(C)S(C#Cc1cccc(-c2csc(NC(=O)c3ccc(CNCCN(C)C)cc3)n2)c1)(C(C)C)C(C)C. The van der Waals surface area contributed by atoms with E-state index in [0.29, 0.717) is 26.4 Å². The van der Waals surface area contributed by atoms with Crippen molar-refractivity contribution >= 4 is 32.4 Å². The lowest BCUT2D eigenvalue weighted by Crippen LogP contribution is -2.27. The van der Waals surface area contributed by atoms with Crippen LogP contribution in [0.2, 0.25) is 0 Å². The van der Waals surface area contributed by atoms with Crippen LogP contribution >= 0.6 is 21.4 Å². The summed E-state index contributed by atoms with van der Waals surface area (Å²) < 4.78 is 0. The van der Waals surface area contributed by atoms with Crippen LogP contribution in [0.1, 0.15) is 63.0 Å². The van der Waals surface area contributed by atoms with Crippen LogP contribution in [0.15, 0.2) is 53.9 Å². The van der Waals surface area contributed by atoms with E-state index in [4.69, 9.17) is 4.98 Å². The molecule has 0 unspecified atom stereocenters. The first-order chi connectivity index (χ1) is 18.5. The Labute approximate surface area is 241 Å². The van der Waals surface area contributed by atoms with Crippen LogP contribution in [-0.2, 0) is 6.54 Å². The van der Waals surface area contributed by atoms with Crippen molar-refractivity contribution in [2.75, 3.05) is 32.5 Å². The van der Waals surface area contributed by atoms with E-state index < -0.39 is 10.0 Å². The molecular weight excluding hydrogens is 521 g/mol. The van der Waals surface area contributed by atoms with Gasteiger partial charge in [0.15, 0.2) is 5.13 Å². The van der Waals surface area contributed by atoms with Crippen molar-refractivity contribution in [3.05, 3.63) is 70.6 Å². The van der Waals surface area contributed by atoms with Gasteiger partial charge in [0.05, 0.1) is 5.69 Å². The molecule has 39 heavy (non-hydrogen) atoms. The van der Waals surface area contributed by atoms with Gasteiger partial charge in [0.2, 0.25) is 0 Å². The standard InChI is InChI=1S/C32H44N4OS2/c1-23(2)39(24(3)4,25(5)6)19-16-26-10-9-11-29(20-26)30-22-38-32(34-30)35-31(37)28-14-12-27(13-15-28)21-33-17-18-36(7)8/h9-15,20,22-25,33H,17-18,21H2,1-8H3,(H,34,35,37). The van der Waals surface area contributed by atoms with Gasteiger partial charge >= 0.3 is 0 Å². The fourth-order valence-corrected chi connectivity index (χ4v) is 9.81. The van der Waals surface area contributed by atoms with Crippen molar-refractivity contribution in [3.63, 3.8) is 0 Å². The summed E-state index contributed by atoms with van der Waals surface area (Å²) in [6.45, 7) is 16.6. The number of amides is 1. The lowest BCUT2D eigenvalue weighted by atomic mass is 10.1. The predicted octanol–water partition coefficient (Wildman–Crippen LogP) is 7.05. The second-order valence-corrected chi connectivity index (χ2v) is 16.3. The average Bonchev–Trinajstić information content (AvgIpc) is 3.35. The second-order valence-electron chi connectivity index (χ2n) is 10.9. The van der Waals surface area contributed by atoms with E-state index in [9.17, 15) is 4.79 Å². The fraction of sp³-hybridized carbons (Fsp3) is 0.438. The number of anilines is 1. The molecule has 1 aromatic heterocycles. The van der Waals surface area contributed by atoms with Crippen LogP contribution < -0.4 is 10.6 Å². The van der Waals surface area contributed by atoms with Gasteiger partial charge in [0, 0.05) is 41.7 Å². The molecule has 3 rings (SSSR count). The van der Waals surface area contributed by atoms with Gasteiger partial charge in [-0.25, -0.2) is 4.98 Å². The van der Waals surface area contributed by atoms with E-state index in [-0.39, 0.29) is 5.91 Å². The molecule has 5 nitrogen and oxygen atoms in total. The Morgan fingerprint density at radius 3 is 2.28 bits per heavy atom.